The number of esters is 1. The van der Waals surface area contributed by atoms with Gasteiger partial charge < -0.3 is 9.47 Å². The molecule has 0 saturated heterocycles. The van der Waals surface area contributed by atoms with E-state index in [1.54, 1.807) is 0 Å². The molecule has 1 aromatic carbocycles. The lowest BCUT2D eigenvalue weighted by Gasteiger charge is -2.10. The normalized spacial score (nSPS) is 9.94. The average Bonchev–Trinajstić information content (AvgIpc) is 2.28. The first-order valence-corrected chi connectivity index (χ1v) is 5.15. The lowest BCUT2D eigenvalue weighted by atomic mass is 10.1. The summed E-state index contributed by atoms with van der Waals surface area (Å²) in [6.07, 6.45) is 0.877. The van der Waals surface area contributed by atoms with Crippen molar-refractivity contribution in [1.82, 2.24) is 0 Å². The van der Waals surface area contributed by atoms with Crippen molar-refractivity contribution >= 4 is 5.97 Å². The van der Waals surface area contributed by atoms with Gasteiger partial charge in [-0.15, -0.1) is 0 Å². The predicted octanol–water partition coefficient (Wildman–Crippen LogP) is 2.33. The molecule has 0 unspecified atom stereocenters. The predicted molar refractivity (Wildman–Crippen MR) is 57.9 cm³/mol. The van der Waals surface area contributed by atoms with Crippen molar-refractivity contribution in [2.24, 2.45) is 0 Å². The number of hydrogen-bond acceptors (Lipinski definition) is 3. The minimum atomic E-state index is -0.410. The molecule has 1 rings (SSSR count). The minimum Gasteiger partial charge on any atom is -0.493 e. The highest BCUT2D eigenvalue weighted by Crippen LogP contribution is 2.20. The summed E-state index contributed by atoms with van der Waals surface area (Å²) in [4.78, 5) is 11.1. The molecule has 0 atom stereocenters. The van der Waals surface area contributed by atoms with Gasteiger partial charge in [-0.05, 0) is 24.6 Å². The molecule has 3 nitrogen and oxygen atoms in total. The van der Waals surface area contributed by atoms with E-state index >= 15 is 0 Å². The van der Waals surface area contributed by atoms with Gasteiger partial charge in [-0.25, -0.2) is 4.39 Å². The molecule has 0 aliphatic carbocycles. The van der Waals surface area contributed by atoms with Gasteiger partial charge in [0.15, 0.2) is 0 Å². The van der Waals surface area contributed by atoms with E-state index in [0.717, 1.165) is 6.42 Å². The summed E-state index contributed by atoms with van der Waals surface area (Å²) in [5.41, 5.74) is 0.514. The van der Waals surface area contributed by atoms with Gasteiger partial charge in [0, 0.05) is 5.56 Å². The van der Waals surface area contributed by atoms with Crippen molar-refractivity contribution in [1.29, 1.82) is 0 Å². The molecule has 88 valence electrons. The van der Waals surface area contributed by atoms with Gasteiger partial charge >= 0.3 is 5.97 Å². The zero-order valence-electron chi connectivity index (χ0n) is 9.46. The van der Waals surface area contributed by atoms with E-state index in [1.165, 1.54) is 25.3 Å². The van der Waals surface area contributed by atoms with Crippen LogP contribution in [0.15, 0.2) is 18.2 Å². The first kappa shape index (κ1) is 12.5. The van der Waals surface area contributed by atoms with Crippen LogP contribution in [0.2, 0.25) is 0 Å². The average molecular weight is 226 g/mol. The third kappa shape index (κ3) is 3.53. The molecule has 0 saturated carbocycles. The molecule has 0 heterocycles. The van der Waals surface area contributed by atoms with E-state index in [4.69, 9.17) is 4.74 Å². The number of halogens is 1. The van der Waals surface area contributed by atoms with E-state index in [-0.39, 0.29) is 12.2 Å². The quantitative estimate of drug-likeness (QED) is 0.723. The molecule has 16 heavy (non-hydrogen) atoms. The number of carbonyl (C=O) groups is 1. The van der Waals surface area contributed by atoms with Crippen LogP contribution in [0.4, 0.5) is 4.39 Å². The fourth-order valence-electron chi connectivity index (χ4n) is 1.27. The van der Waals surface area contributed by atoms with Crippen molar-refractivity contribution in [2.45, 2.75) is 19.8 Å². The maximum absolute atomic E-state index is 13.0. The first-order valence-electron chi connectivity index (χ1n) is 5.15. The van der Waals surface area contributed by atoms with Crippen LogP contribution in [0.1, 0.15) is 18.9 Å². The summed E-state index contributed by atoms with van der Waals surface area (Å²) in [6.45, 7) is 2.52. The maximum Gasteiger partial charge on any atom is 0.310 e. The van der Waals surface area contributed by atoms with Gasteiger partial charge in [-0.1, -0.05) is 6.92 Å². The van der Waals surface area contributed by atoms with Crippen LogP contribution in [0.3, 0.4) is 0 Å². The summed E-state index contributed by atoms with van der Waals surface area (Å²) in [6, 6.07) is 4.14. The largest absolute Gasteiger partial charge is 0.493 e. The lowest BCUT2D eigenvalue weighted by molar-refractivity contribution is -0.139. The Bertz CT molecular complexity index is 363. The van der Waals surface area contributed by atoms with Gasteiger partial charge in [0.05, 0.1) is 20.1 Å². The Balaban J connectivity index is 2.84. The number of benzene rings is 1. The van der Waals surface area contributed by atoms with E-state index < -0.39 is 5.97 Å². The van der Waals surface area contributed by atoms with Gasteiger partial charge in [0.1, 0.15) is 11.6 Å². The third-order valence-corrected chi connectivity index (χ3v) is 2.05. The number of carbonyl (C=O) groups excluding carboxylic acids is 1. The molecule has 1 aromatic rings. The minimum absolute atomic E-state index is 0.0211. The molecule has 0 fully saturated rings. The number of ether oxygens (including phenoxy) is 2. The van der Waals surface area contributed by atoms with Crippen LogP contribution in [0, 0.1) is 5.82 Å². The van der Waals surface area contributed by atoms with Crippen molar-refractivity contribution in [3.05, 3.63) is 29.6 Å². The Hall–Kier alpha value is -1.58. The standard InChI is InChI=1S/C12H15FO3/c1-3-6-16-11-5-4-10(13)7-9(11)8-12(14)15-2/h4-5,7H,3,6,8H2,1-2H3. The molecule has 0 bridgehead atoms. The van der Waals surface area contributed by atoms with E-state index in [0.29, 0.717) is 17.9 Å². The van der Waals surface area contributed by atoms with E-state index in [1.807, 2.05) is 6.92 Å². The van der Waals surface area contributed by atoms with Crippen molar-refractivity contribution < 1.29 is 18.7 Å². The zero-order chi connectivity index (χ0) is 12.0. The van der Waals surface area contributed by atoms with Gasteiger partial charge in [-0.3, -0.25) is 4.79 Å². The van der Waals surface area contributed by atoms with Crippen LogP contribution < -0.4 is 4.74 Å². The van der Waals surface area contributed by atoms with Crippen molar-refractivity contribution in [3.8, 4) is 5.75 Å². The molecule has 0 N–H and O–H groups in total. The monoisotopic (exact) mass is 226 g/mol. The molecule has 0 spiro atoms. The topological polar surface area (TPSA) is 35.5 Å². The zero-order valence-corrected chi connectivity index (χ0v) is 9.46. The Kier molecular flexibility index (Phi) is 4.76. The van der Waals surface area contributed by atoms with Crippen LogP contribution in [-0.4, -0.2) is 19.7 Å². The van der Waals surface area contributed by atoms with E-state index in [2.05, 4.69) is 4.74 Å². The van der Waals surface area contributed by atoms with Crippen LogP contribution >= 0.6 is 0 Å². The molecular formula is C12H15FO3. The van der Waals surface area contributed by atoms with E-state index in [9.17, 15) is 9.18 Å². The summed E-state index contributed by atoms with van der Waals surface area (Å²) >= 11 is 0. The highest BCUT2D eigenvalue weighted by Gasteiger charge is 2.10. The highest BCUT2D eigenvalue weighted by molar-refractivity contribution is 5.73. The fourth-order valence-corrected chi connectivity index (χ4v) is 1.27. The Morgan fingerprint density at radius 3 is 2.81 bits per heavy atom. The molecular weight excluding hydrogens is 211 g/mol. The van der Waals surface area contributed by atoms with Crippen LogP contribution in [0.25, 0.3) is 0 Å². The number of hydrogen-bond donors (Lipinski definition) is 0. The Labute approximate surface area is 94.2 Å². The summed E-state index contributed by atoms with van der Waals surface area (Å²) in [5, 5.41) is 0. The van der Waals surface area contributed by atoms with Crippen LogP contribution in [-0.2, 0) is 16.0 Å². The molecule has 0 aliphatic heterocycles. The second kappa shape index (κ2) is 6.10. The number of methoxy groups -OCH3 is 1. The highest BCUT2D eigenvalue weighted by atomic mass is 19.1. The molecule has 0 aliphatic rings. The van der Waals surface area contributed by atoms with Crippen LogP contribution in [0.5, 0.6) is 5.75 Å². The number of rotatable bonds is 5. The summed E-state index contributed by atoms with van der Waals surface area (Å²) < 4.78 is 23.0. The third-order valence-electron chi connectivity index (χ3n) is 2.05. The van der Waals surface area contributed by atoms with Gasteiger partial charge in [0.2, 0.25) is 0 Å². The molecule has 0 aromatic heterocycles. The molecule has 0 amide bonds. The van der Waals surface area contributed by atoms with Gasteiger partial charge in [-0.2, -0.15) is 0 Å². The Morgan fingerprint density at radius 1 is 1.44 bits per heavy atom. The second-order valence-electron chi connectivity index (χ2n) is 3.35. The molecule has 0 radical (unpaired) electrons. The fraction of sp³-hybridized carbons (Fsp3) is 0.417. The molecule has 4 heteroatoms. The summed E-state index contributed by atoms with van der Waals surface area (Å²) in [7, 11) is 1.30. The smallest absolute Gasteiger partial charge is 0.310 e. The van der Waals surface area contributed by atoms with Crippen molar-refractivity contribution in [2.75, 3.05) is 13.7 Å². The van der Waals surface area contributed by atoms with Gasteiger partial charge in [0.25, 0.3) is 0 Å². The SMILES string of the molecule is CCCOc1ccc(F)cc1CC(=O)OC. The first-order chi connectivity index (χ1) is 7.67. The Morgan fingerprint density at radius 2 is 2.19 bits per heavy atom. The van der Waals surface area contributed by atoms with Crippen molar-refractivity contribution in [3.63, 3.8) is 0 Å². The summed E-state index contributed by atoms with van der Waals surface area (Å²) in [5.74, 6) is -0.261. The second-order valence-corrected chi connectivity index (χ2v) is 3.35. The maximum atomic E-state index is 13.0. The lowest BCUT2D eigenvalue weighted by Crippen LogP contribution is -2.07.